The highest BCUT2D eigenvalue weighted by Crippen LogP contribution is 2.34. The van der Waals surface area contributed by atoms with E-state index in [1.807, 2.05) is 38.1 Å². The van der Waals surface area contributed by atoms with Crippen molar-refractivity contribution < 1.29 is 9.47 Å². The lowest BCUT2D eigenvalue weighted by Crippen LogP contribution is -2.42. The maximum Gasteiger partial charge on any atom is 0.347 e. The Kier molecular flexibility index (Phi) is 4.27. The zero-order valence-electron chi connectivity index (χ0n) is 13.4. The van der Waals surface area contributed by atoms with Crippen LogP contribution < -0.4 is 16.1 Å². The molecular formula is C15H21N3O4. The molecule has 0 aliphatic heterocycles. The number of nitrogens with one attached hydrogen (secondary N) is 1. The van der Waals surface area contributed by atoms with Crippen LogP contribution in [0.3, 0.4) is 0 Å². The molecule has 120 valence electrons. The largest absolute Gasteiger partial charge is 0.497 e. The van der Waals surface area contributed by atoms with Crippen molar-refractivity contribution in [2.75, 3.05) is 14.2 Å². The Labute approximate surface area is 128 Å². The van der Waals surface area contributed by atoms with Gasteiger partial charge in [0, 0.05) is 14.2 Å². The number of ether oxygens (including phenoxy) is 2. The maximum atomic E-state index is 12.2. The van der Waals surface area contributed by atoms with Crippen LogP contribution in [0.4, 0.5) is 0 Å². The standard InChI is InChI=1S/C15H21N3O4/c1-15(2,18-14(20)17(3)13(19)16-18)12(22-5)10-6-8-11(21-4)9-7-10/h6-9,12H,1-5H3,(H,16,19). The molecular weight excluding hydrogens is 286 g/mol. The van der Waals surface area contributed by atoms with Crippen molar-refractivity contribution in [2.45, 2.75) is 25.5 Å². The third kappa shape index (κ3) is 2.59. The summed E-state index contributed by atoms with van der Waals surface area (Å²) in [4.78, 5) is 23.9. The number of benzene rings is 1. The molecule has 0 spiro atoms. The molecule has 2 aromatic rings. The van der Waals surface area contributed by atoms with Gasteiger partial charge in [0.2, 0.25) is 0 Å². The first kappa shape index (κ1) is 16.1. The Morgan fingerprint density at radius 1 is 1.14 bits per heavy atom. The fourth-order valence-electron chi connectivity index (χ4n) is 2.57. The van der Waals surface area contributed by atoms with Gasteiger partial charge < -0.3 is 9.47 Å². The second-order valence-corrected chi connectivity index (χ2v) is 5.64. The Balaban J connectivity index is 2.49. The SMILES string of the molecule is COc1ccc(C(OC)C(C)(C)n2[nH]c(=O)n(C)c2=O)cc1. The predicted molar refractivity (Wildman–Crippen MR) is 82.4 cm³/mol. The molecule has 0 radical (unpaired) electrons. The van der Waals surface area contributed by atoms with Gasteiger partial charge >= 0.3 is 11.4 Å². The van der Waals surface area contributed by atoms with Gasteiger partial charge in [0.15, 0.2) is 0 Å². The topological polar surface area (TPSA) is 78.2 Å². The molecule has 1 heterocycles. The number of H-pyrrole nitrogens is 1. The van der Waals surface area contributed by atoms with Gasteiger partial charge in [-0.1, -0.05) is 12.1 Å². The Morgan fingerprint density at radius 2 is 1.73 bits per heavy atom. The summed E-state index contributed by atoms with van der Waals surface area (Å²) in [5.74, 6) is 0.738. The van der Waals surface area contributed by atoms with E-state index in [4.69, 9.17) is 9.47 Å². The fourth-order valence-corrected chi connectivity index (χ4v) is 2.57. The fraction of sp³-hybridized carbons (Fsp3) is 0.467. The van der Waals surface area contributed by atoms with E-state index in [0.29, 0.717) is 0 Å². The lowest BCUT2D eigenvalue weighted by molar-refractivity contribution is 0.00352. The average Bonchev–Trinajstić information content (AvgIpc) is 2.76. The van der Waals surface area contributed by atoms with E-state index >= 15 is 0 Å². The molecule has 1 aromatic heterocycles. The van der Waals surface area contributed by atoms with Gasteiger partial charge in [-0.15, -0.1) is 0 Å². The van der Waals surface area contributed by atoms with Crippen LogP contribution in [0.1, 0.15) is 25.5 Å². The van der Waals surface area contributed by atoms with Crippen LogP contribution in [-0.4, -0.2) is 28.6 Å². The lowest BCUT2D eigenvalue weighted by Gasteiger charge is -2.33. The summed E-state index contributed by atoms with van der Waals surface area (Å²) in [6, 6.07) is 7.41. The maximum absolute atomic E-state index is 12.2. The Hall–Kier alpha value is -2.28. The van der Waals surface area contributed by atoms with E-state index in [2.05, 4.69) is 5.10 Å². The zero-order chi connectivity index (χ0) is 16.5. The van der Waals surface area contributed by atoms with Crippen LogP contribution in [0, 0.1) is 0 Å². The van der Waals surface area contributed by atoms with Crippen LogP contribution in [0.5, 0.6) is 5.75 Å². The van der Waals surface area contributed by atoms with Gasteiger partial charge in [0.05, 0.1) is 12.6 Å². The predicted octanol–water partition coefficient (Wildman–Crippen LogP) is 1.01. The summed E-state index contributed by atoms with van der Waals surface area (Å²) in [5, 5.41) is 2.57. The minimum Gasteiger partial charge on any atom is -0.497 e. The normalized spacial score (nSPS) is 13.1. The summed E-state index contributed by atoms with van der Waals surface area (Å²) in [7, 11) is 4.60. The second-order valence-electron chi connectivity index (χ2n) is 5.64. The highest BCUT2D eigenvalue weighted by Gasteiger charge is 2.35. The molecule has 0 saturated heterocycles. The third-order valence-electron chi connectivity index (χ3n) is 3.86. The van der Waals surface area contributed by atoms with Crippen molar-refractivity contribution in [3.05, 3.63) is 50.8 Å². The minimum absolute atomic E-state index is 0.412. The number of methoxy groups -OCH3 is 2. The molecule has 2 rings (SSSR count). The molecule has 0 bridgehead atoms. The third-order valence-corrected chi connectivity index (χ3v) is 3.86. The number of hydrogen-bond donors (Lipinski definition) is 1. The monoisotopic (exact) mass is 307 g/mol. The smallest absolute Gasteiger partial charge is 0.347 e. The van der Waals surface area contributed by atoms with Crippen molar-refractivity contribution in [2.24, 2.45) is 7.05 Å². The summed E-state index contributed by atoms with van der Waals surface area (Å²) in [5.41, 5.74) is -0.765. The van der Waals surface area contributed by atoms with Gasteiger partial charge in [-0.3, -0.25) is 0 Å². The zero-order valence-corrected chi connectivity index (χ0v) is 13.4. The van der Waals surface area contributed by atoms with Crippen molar-refractivity contribution in [3.63, 3.8) is 0 Å². The quantitative estimate of drug-likeness (QED) is 0.894. The van der Waals surface area contributed by atoms with Crippen LogP contribution in [-0.2, 0) is 17.3 Å². The molecule has 0 aliphatic rings. The summed E-state index contributed by atoms with van der Waals surface area (Å²) >= 11 is 0. The number of nitrogens with zero attached hydrogens (tertiary/aromatic N) is 2. The molecule has 0 aliphatic carbocycles. The summed E-state index contributed by atoms with van der Waals surface area (Å²) in [6.45, 7) is 3.67. The first-order valence-corrected chi connectivity index (χ1v) is 6.88. The minimum atomic E-state index is -0.777. The molecule has 7 nitrogen and oxygen atoms in total. The van der Waals surface area contributed by atoms with Crippen molar-refractivity contribution in [1.29, 1.82) is 0 Å². The van der Waals surface area contributed by atoms with E-state index in [-0.39, 0.29) is 0 Å². The molecule has 7 heteroatoms. The van der Waals surface area contributed by atoms with Crippen LogP contribution in [0.25, 0.3) is 0 Å². The second kappa shape index (κ2) is 5.84. The van der Waals surface area contributed by atoms with E-state index in [0.717, 1.165) is 15.9 Å². The van der Waals surface area contributed by atoms with Gasteiger partial charge in [0.1, 0.15) is 11.9 Å². The Morgan fingerprint density at radius 3 is 2.14 bits per heavy atom. The van der Waals surface area contributed by atoms with E-state index in [9.17, 15) is 9.59 Å². The van der Waals surface area contributed by atoms with Crippen LogP contribution in [0.2, 0.25) is 0 Å². The molecule has 0 fully saturated rings. The number of hydrogen-bond acceptors (Lipinski definition) is 4. The molecule has 0 amide bonds. The van der Waals surface area contributed by atoms with Gasteiger partial charge in [-0.2, -0.15) is 0 Å². The Bertz CT molecular complexity index is 752. The summed E-state index contributed by atoms with van der Waals surface area (Å²) in [6.07, 6.45) is -0.422. The van der Waals surface area contributed by atoms with E-state index in [1.165, 1.54) is 11.7 Å². The lowest BCUT2D eigenvalue weighted by atomic mass is 9.91. The molecule has 1 aromatic carbocycles. The van der Waals surface area contributed by atoms with Crippen molar-refractivity contribution in [1.82, 2.24) is 14.3 Å². The van der Waals surface area contributed by atoms with Gasteiger partial charge in [-0.25, -0.2) is 23.9 Å². The highest BCUT2D eigenvalue weighted by atomic mass is 16.5. The van der Waals surface area contributed by atoms with E-state index < -0.39 is 23.0 Å². The average molecular weight is 307 g/mol. The molecule has 22 heavy (non-hydrogen) atoms. The van der Waals surface area contributed by atoms with Crippen molar-refractivity contribution >= 4 is 0 Å². The highest BCUT2D eigenvalue weighted by molar-refractivity contribution is 5.29. The number of rotatable bonds is 5. The van der Waals surface area contributed by atoms with Crippen LogP contribution in [0.15, 0.2) is 33.9 Å². The molecule has 0 saturated carbocycles. The van der Waals surface area contributed by atoms with E-state index in [1.54, 1.807) is 14.2 Å². The molecule has 1 N–H and O–H groups in total. The first-order chi connectivity index (χ1) is 10.3. The van der Waals surface area contributed by atoms with Gasteiger partial charge in [-0.05, 0) is 31.5 Å². The van der Waals surface area contributed by atoms with Crippen molar-refractivity contribution in [3.8, 4) is 5.75 Å². The molecule has 1 unspecified atom stereocenters. The number of aromatic nitrogens is 3. The van der Waals surface area contributed by atoms with Crippen LogP contribution >= 0.6 is 0 Å². The molecule has 1 atom stereocenters. The number of aromatic amines is 1. The summed E-state index contributed by atoms with van der Waals surface area (Å²) < 4.78 is 13.1. The first-order valence-electron chi connectivity index (χ1n) is 6.88. The van der Waals surface area contributed by atoms with Gasteiger partial charge in [0.25, 0.3) is 0 Å².